The summed E-state index contributed by atoms with van der Waals surface area (Å²) >= 11 is 3.39. The number of rotatable bonds is 3. The summed E-state index contributed by atoms with van der Waals surface area (Å²) < 4.78 is 2.72. The predicted octanol–water partition coefficient (Wildman–Crippen LogP) is 2.46. The van der Waals surface area contributed by atoms with Crippen molar-refractivity contribution in [3.05, 3.63) is 52.3 Å². The van der Waals surface area contributed by atoms with Crippen molar-refractivity contribution < 1.29 is 5.11 Å². The van der Waals surface area contributed by atoms with Crippen molar-refractivity contribution in [1.82, 2.24) is 9.78 Å². The molecule has 3 nitrogen and oxygen atoms in total. The van der Waals surface area contributed by atoms with Crippen molar-refractivity contribution in [3.63, 3.8) is 0 Å². The van der Waals surface area contributed by atoms with Crippen LogP contribution in [0.25, 0.3) is 0 Å². The fourth-order valence-electron chi connectivity index (χ4n) is 1.63. The van der Waals surface area contributed by atoms with E-state index >= 15 is 0 Å². The van der Waals surface area contributed by atoms with E-state index in [1.54, 1.807) is 10.9 Å². The third-order valence-corrected chi connectivity index (χ3v) is 2.91. The molecule has 0 bridgehead atoms. The number of aryl methyl sites for hydroxylation is 1. The van der Waals surface area contributed by atoms with Crippen LogP contribution in [0.2, 0.25) is 0 Å². The Balaban J connectivity index is 2.11. The molecular weight excluding hydrogens is 268 g/mol. The fraction of sp³-hybridized carbons (Fsp3) is 0.250. The molecule has 0 aliphatic rings. The second-order valence-corrected chi connectivity index (χ2v) is 4.71. The molecule has 0 saturated heterocycles. The molecule has 0 saturated carbocycles. The zero-order chi connectivity index (χ0) is 11.5. The molecule has 1 aromatic heterocycles. The SMILES string of the molecule is Cn1cc(CC(O)c2cccc(Br)c2)cn1. The summed E-state index contributed by atoms with van der Waals surface area (Å²) in [6.07, 6.45) is 3.80. The van der Waals surface area contributed by atoms with Crippen LogP contribution in [0.3, 0.4) is 0 Å². The van der Waals surface area contributed by atoms with Gasteiger partial charge in [0.2, 0.25) is 0 Å². The Labute approximate surface area is 103 Å². The highest BCUT2D eigenvalue weighted by Crippen LogP contribution is 2.21. The van der Waals surface area contributed by atoms with Gasteiger partial charge in [-0.15, -0.1) is 0 Å². The first-order valence-electron chi connectivity index (χ1n) is 5.06. The molecule has 2 rings (SSSR count). The van der Waals surface area contributed by atoms with E-state index in [0.29, 0.717) is 6.42 Å². The summed E-state index contributed by atoms with van der Waals surface area (Å²) in [6, 6.07) is 7.72. The van der Waals surface area contributed by atoms with Gasteiger partial charge < -0.3 is 5.11 Å². The van der Waals surface area contributed by atoms with Gasteiger partial charge in [-0.3, -0.25) is 4.68 Å². The van der Waals surface area contributed by atoms with Crippen molar-refractivity contribution in [1.29, 1.82) is 0 Å². The monoisotopic (exact) mass is 280 g/mol. The number of aliphatic hydroxyl groups excluding tert-OH is 1. The molecule has 1 unspecified atom stereocenters. The van der Waals surface area contributed by atoms with E-state index < -0.39 is 6.10 Å². The number of halogens is 1. The van der Waals surface area contributed by atoms with Gasteiger partial charge in [0.05, 0.1) is 12.3 Å². The molecule has 16 heavy (non-hydrogen) atoms. The minimum Gasteiger partial charge on any atom is -0.388 e. The minimum absolute atomic E-state index is 0.485. The van der Waals surface area contributed by atoms with Crippen LogP contribution >= 0.6 is 15.9 Å². The first kappa shape index (κ1) is 11.4. The molecule has 0 aliphatic carbocycles. The molecule has 0 spiro atoms. The summed E-state index contributed by atoms with van der Waals surface area (Å²) in [4.78, 5) is 0. The second-order valence-electron chi connectivity index (χ2n) is 3.80. The topological polar surface area (TPSA) is 38.0 Å². The van der Waals surface area contributed by atoms with Crippen molar-refractivity contribution in [2.75, 3.05) is 0 Å². The van der Waals surface area contributed by atoms with Crippen LogP contribution in [0.5, 0.6) is 0 Å². The van der Waals surface area contributed by atoms with E-state index in [9.17, 15) is 5.11 Å². The van der Waals surface area contributed by atoms with Gasteiger partial charge in [0.25, 0.3) is 0 Å². The van der Waals surface area contributed by atoms with Gasteiger partial charge in [-0.2, -0.15) is 5.10 Å². The van der Waals surface area contributed by atoms with Crippen LogP contribution in [-0.4, -0.2) is 14.9 Å². The zero-order valence-corrected chi connectivity index (χ0v) is 10.6. The van der Waals surface area contributed by atoms with Crippen molar-refractivity contribution >= 4 is 15.9 Å². The molecular formula is C12H13BrN2O. The maximum Gasteiger partial charge on any atom is 0.0831 e. The lowest BCUT2D eigenvalue weighted by molar-refractivity contribution is 0.178. The number of aliphatic hydroxyl groups is 1. The molecule has 1 aromatic carbocycles. The van der Waals surface area contributed by atoms with Crippen LogP contribution in [0.15, 0.2) is 41.1 Å². The number of hydrogen-bond donors (Lipinski definition) is 1. The molecule has 4 heteroatoms. The summed E-state index contributed by atoms with van der Waals surface area (Å²) in [6.45, 7) is 0. The van der Waals surface area contributed by atoms with Crippen molar-refractivity contribution in [2.24, 2.45) is 7.05 Å². The highest BCUT2D eigenvalue weighted by molar-refractivity contribution is 9.10. The van der Waals surface area contributed by atoms with E-state index in [-0.39, 0.29) is 0 Å². The summed E-state index contributed by atoms with van der Waals surface area (Å²) in [5.41, 5.74) is 1.95. The maximum atomic E-state index is 10.0. The van der Waals surface area contributed by atoms with Gasteiger partial charge in [0.1, 0.15) is 0 Å². The number of nitrogens with zero attached hydrogens (tertiary/aromatic N) is 2. The van der Waals surface area contributed by atoms with E-state index in [4.69, 9.17) is 0 Å². The first-order chi connectivity index (χ1) is 7.65. The molecule has 84 valence electrons. The smallest absolute Gasteiger partial charge is 0.0831 e. The Morgan fingerprint density at radius 2 is 2.31 bits per heavy atom. The van der Waals surface area contributed by atoms with E-state index in [0.717, 1.165) is 15.6 Å². The van der Waals surface area contributed by atoms with Gasteiger partial charge in [-0.25, -0.2) is 0 Å². The van der Waals surface area contributed by atoms with Crippen LogP contribution < -0.4 is 0 Å². The van der Waals surface area contributed by atoms with Crippen LogP contribution in [-0.2, 0) is 13.5 Å². The average molecular weight is 281 g/mol. The zero-order valence-electron chi connectivity index (χ0n) is 8.97. The number of hydrogen-bond acceptors (Lipinski definition) is 2. The first-order valence-corrected chi connectivity index (χ1v) is 5.85. The molecule has 2 aromatic rings. The molecule has 0 aliphatic heterocycles. The Hall–Kier alpha value is -1.13. The molecule has 0 radical (unpaired) electrons. The van der Waals surface area contributed by atoms with Crippen LogP contribution in [0, 0.1) is 0 Å². The largest absolute Gasteiger partial charge is 0.388 e. The minimum atomic E-state index is -0.485. The van der Waals surface area contributed by atoms with E-state index in [1.165, 1.54) is 0 Å². The van der Waals surface area contributed by atoms with Gasteiger partial charge >= 0.3 is 0 Å². The van der Waals surface area contributed by atoms with Crippen LogP contribution in [0.4, 0.5) is 0 Å². The quantitative estimate of drug-likeness (QED) is 0.938. The fourth-order valence-corrected chi connectivity index (χ4v) is 2.05. The number of benzene rings is 1. The lowest BCUT2D eigenvalue weighted by Crippen LogP contribution is -2.01. The van der Waals surface area contributed by atoms with E-state index in [2.05, 4.69) is 21.0 Å². The Kier molecular flexibility index (Phi) is 3.41. The average Bonchev–Trinajstić information content (AvgIpc) is 2.64. The lowest BCUT2D eigenvalue weighted by Gasteiger charge is -2.09. The van der Waals surface area contributed by atoms with Crippen molar-refractivity contribution in [2.45, 2.75) is 12.5 Å². The molecule has 1 atom stereocenters. The standard InChI is InChI=1S/C12H13BrN2O/c1-15-8-9(7-14-15)5-12(16)10-3-2-4-11(13)6-10/h2-4,6-8,12,16H,5H2,1H3. The summed E-state index contributed by atoms with van der Waals surface area (Å²) in [5, 5.41) is 14.1. The van der Waals surface area contributed by atoms with Crippen LogP contribution in [0.1, 0.15) is 17.2 Å². The normalized spacial score (nSPS) is 12.7. The lowest BCUT2D eigenvalue weighted by atomic mass is 10.0. The third kappa shape index (κ3) is 2.71. The molecule has 0 amide bonds. The number of aromatic nitrogens is 2. The Bertz CT molecular complexity index is 481. The van der Waals surface area contributed by atoms with E-state index in [1.807, 2.05) is 37.5 Å². The Morgan fingerprint density at radius 3 is 2.94 bits per heavy atom. The predicted molar refractivity (Wildman–Crippen MR) is 66.0 cm³/mol. The van der Waals surface area contributed by atoms with Gasteiger partial charge in [0, 0.05) is 24.1 Å². The highest BCUT2D eigenvalue weighted by atomic mass is 79.9. The summed E-state index contributed by atoms with van der Waals surface area (Å²) in [5.74, 6) is 0. The second kappa shape index (κ2) is 4.80. The van der Waals surface area contributed by atoms with Crippen molar-refractivity contribution in [3.8, 4) is 0 Å². The highest BCUT2D eigenvalue weighted by Gasteiger charge is 2.09. The maximum absolute atomic E-state index is 10.0. The molecule has 0 fully saturated rings. The summed E-state index contributed by atoms with van der Waals surface area (Å²) in [7, 11) is 1.87. The van der Waals surface area contributed by atoms with Gasteiger partial charge in [-0.1, -0.05) is 28.1 Å². The van der Waals surface area contributed by atoms with Gasteiger partial charge in [0.15, 0.2) is 0 Å². The van der Waals surface area contributed by atoms with Gasteiger partial charge in [-0.05, 0) is 23.3 Å². The third-order valence-electron chi connectivity index (χ3n) is 2.42. The molecule has 1 heterocycles. The Morgan fingerprint density at radius 1 is 1.50 bits per heavy atom. The molecule has 1 N–H and O–H groups in total.